The highest BCUT2D eigenvalue weighted by molar-refractivity contribution is 7.14. The summed E-state index contributed by atoms with van der Waals surface area (Å²) < 4.78 is 0. The van der Waals surface area contributed by atoms with E-state index in [9.17, 15) is 4.79 Å². The van der Waals surface area contributed by atoms with Crippen molar-refractivity contribution in [1.82, 2.24) is 4.98 Å². The van der Waals surface area contributed by atoms with E-state index < -0.39 is 5.38 Å². The molecule has 28 heavy (non-hydrogen) atoms. The molecule has 1 unspecified atom stereocenters. The Balaban J connectivity index is 1.47. The molecule has 1 amide bonds. The lowest BCUT2D eigenvalue weighted by Gasteiger charge is -2.25. The van der Waals surface area contributed by atoms with Crippen molar-refractivity contribution in [2.75, 3.05) is 23.3 Å². The lowest BCUT2D eigenvalue weighted by molar-refractivity contribution is -0.116. The molecule has 0 radical (unpaired) electrons. The standard InChI is InChI=1S/C22H22ClN3OS/c23-20(16-8-3-1-4-9-16)21(27)24-18-11-7-10-17(14-18)19-15-28-22(25-19)26-12-5-2-6-13-26/h1,3-4,7-11,14-15,20H,2,5-6,12-13H2,(H,24,27). The molecule has 1 saturated heterocycles. The van der Waals surface area contributed by atoms with E-state index in [1.165, 1.54) is 19.3 Å². The third-order valence-electron chi connectivity index (χ3n) is 4.87. The number of alkyl halides is 1. The predicted octanol–water partition coefficient (Wildman–Crippen LogP) is 5.72. The number of piperidine rings is 1. The van der Waals surface area contributed by atoms with E-state index >= 15 is 0 Å². The van der Waals surface area contributed by atoms with Gasteiger partial charge in [-0.15, -0.1) is 22.9 Å². The predicted molar refractivity (Wildman–Crippen MR) is 117 cm³/mol. The first-order valence-corrected chi connectivity index (χ1v) is 10.8. The maximum atomic E-state index is 12.5. The maximum Gasteiger partial charge on any atom is 0.246 e. The lowest BCUT2D eigenvalue weighted by Crippen LogP contribution is -2.29. The Morgan fingerprint density at radius 1 is 1.07 bits per heavy atom. The van der Waals surface area contributed by atoms with E-state index in [-0.39, 0.29) is 5.91 Å². The number of benzene rings is 2. The highest BCUT2D eigenvalue weighted by atomic mass is 35.5. The van der Waals surface area contributed by atoms with Crippen LogP contribution in [0.5, 0.6) is 0 Å². The zero-order valence-electron chi connectivity index (χ0n) is 15.5. The first kappa shape index (κ1) is 19.0. The van der Waals surface area contributed by atoms with Gasteiger partial charge < -0.3 is 10.2 Å². The fraction of sp³-hybridized carbons (Fsp3) is 0.273. The second-order valence-electron chi connectivity index (χ2n) is 6.91. The average Bonchev–Trinajstić information content (AvgIpc) is 3.25. The number of rotatable bonds is 5. The van der Waals surface area contributed by atoms with Gasteiger partial charge in [-0.3, -0.25) is 4.79 Å². The molecule has 0 spiro atoms. The Labute approximate surface area is 174 Å². The van der Waals surface area contributed by atoms with E-state index in [0.717, 1.165) is 40.7 Å². The molecule has 1 aliphatic rings. The number of aromatic nitrogens is 1. The largest absolute Gasteiger partial charge is 0.348 e. The fourth-order valence-corrected chi connectivity index (χ4v) is 4.45. The van der Waals surface area contributed by atoms with E-state index in [2.05, 4.69) is 15.6 Å². The van der Waals surface area contributed by atoms with Crippen molar-refractivity contribution in [2.45, 2.75) is 24.6 Å². The number of hydrogen-bond acceptors (Lipinski definition) is 4. The third-order valence-corrected chi connectivity index (χ3v) is 6.22. The number of nitrogens with one attached hydrogen (secondary N) is 1. The average molecular weight is 412 g/mol. The Kier molecular flexibility index (Phi) is 5.93. The van der Waals surface area contributed by atoms with Gasteiger partial charge in [0.15, 0.2) is 5.13 Å². The van der Waals surface area contributed by atoms with Gasteiger partial charge in [0.05, 0.1) is 5.69 Å². The SMILES string of the molecule is O=C(Nc1cccc(-c2csc(N3CCCCC3)n2)c1)C(Cl)c1ccccc1. The molecule has 4 rings (SSSR count). The summed E-state index contributed by atoms with van der Waals surface area (Å²) in [6, 6.07) is 17.1. The van der Waals surface area contributed by atoms with Crippen molar-refractivity contribution in [3.63, 3.8) is 0 Å². The quantitative estimate of drug-likeness (QED) is 0.546. The van der Waals surface area contributed by atoms with E-state index in [1.807, 2.05) is 54.6 Å². The number of amides is 1. The summed E-state index contributed by atoms with van der Waals surface area (Å²) in [5, 5.41) is 5.35. The molecule has 4 nitrogen and oxygen atoms in total. The topological polar surface area (TPSA) is 45.2 Å². The summed E-state index contributed by atoms with van der Waals surface area (Å²) in [5.41, 5.74) is 3.43. The van der Waals surface area contributed by atoms with Gasteiger partial charge in [0, 0.05) is 29.7 Å². The van der Waals surface area contributed by atoms with Gasteiger partial charge in [0.25, 0.3) is 0 Å². The molecular formula is C22H22ClN3OS. The molecule has 144 valence electrons. The molecule has 1 N–H and O–H groups in total. The lowest BCUT2D eigenvalue weighted by atomic mass is 10.1. The van der Waals surface area contributed by atoms with Crippen molar-refractivity contribution < 1.29 is 4.79 Å². The van der Waals surface area contributed by atoms with Crippen LogP contribution in [-0.4, -0.2) is 24.0 Å². The van der Waals surface area contributed by atoms with Gasteiger partial charge in [-0.1, -0.05) is 42.5 Å². The number of halogens is 1. The smallest absolute Gasteiger partial charge is 0.246 e. The Morgan fingerprint density at radius 3 is 2.64 bits per heavy atom. The number of nitrogens with zero attached hydrogens (tertiary/aromatic N) is 2. The number of thiazole rings is 1. The summed E-state index contributed by atoms with van der Waals surface area (Å²) in [4.78, 5) is 19.7. The monoisotopic (exact) mass is 411 g/mol. The van der Waals surface area contributed by atoms with E-state index in [1.54, 1.807) is 11.3 Å². The molecular weight excluding hydrogens is 390 g/mol. The van der Waals surface area contributed by atoms with Crippen LogP contribution in [0.1, 0.15) is 30.2 Å². The van der Waals surface area contributed by atoms with Gasteiger partial charge in [-0.25, -0.2) is 4.98 Å². The zero-order valence-corrected chi connectivity index (χ0v) is 17.0. The van der Waals surface area contributed by atoms with Crippen LogP contribution in [0.15, 0.2) is 60.0 Å². The van der Waals surface area contributed by atoms with Crippen molar-refractivity contribution in [2.24, 2.45) is 0 Å². The number of carbonyl (C=O) groups excluding carboxylic acids is 1. The second kappa shape index (κ2) is 8.76. The van der Waals surface area contributed by atoms with Gasteiger partial charge >= 0.3 is 0 Å². The number of anilines is 2. The summed E-state index contributed by atoms with van der Waals surface area (Å²) in [5.74, 6) is -0.239. The molecule has 1 aliphatic heterocycles. The molecule has 1 aromatic heterocycles. The van der Waals surface area contributed by atoms with Crippen LogP contribution in [0.3, 0.4) is 0 Å². The van der Waals surface area contributed by atoms with Crippen molar-refractivity contribution in [3.05, 3.63) is 65.5 Å². The fourth-order valence-electron chi connectivity index (χ4n) is 3.36. The highest BCUT2D eigenvalue weighted by Crippen LogP contribution is 2.31. The zero-order chi connectivity index (χ0) is 19.3. The van der Waals surface area contributed by atoms with Gasteiger partial charge in [0.1, 0.15) is 5.38 Å². The van der Waals surface area contributed by atoms with Gasteiger partial charge in [-0.05, 0) is 37.0 Å². The van der Waals surface area contributed by atoms with E-state index in [0.29, 0.717) is 0 Å². The van der Waals surface area contributed by atoms with Crippen molar-refractivity contribution >= 4 is 39.7 Å². The summed E-state index contributed by atoms with van der Waals surface area (Å²) in [7, 11) is 0. The molecule has 6 heteroatoms. The van der Waals surface area contributed by atoms with Crippen LogP contribution in [-0.2, 0) is 4.79 Å². The van der Waals surface area contributed by atoms with Crippen LogP contribution in [0.2, 0.25) is 0 Å². The third kappa shape index (κ3) is 4.37. The Morgan fingerprint density at radius 2 is 1.86 bits per heavy atom. The number of carbonyl (C=O) groups is 1. The first-order valence-electron chi connectivity index (χ1n) is 9.51. The minimum absolute atomic E-state index is 0.239. The summed E-state index contributed by atoms with van der Waals surface area (Å²) in [6.45, 7) is 2.17. The summed E-state index contributed by atoms with van der Waals surface area (Å²) >= 11 is 8.00. The van der Waals surface area contributed by atoms with Gasteiger partial charge in [-0.2, -0.15) is 0 Å². The van der Waals surface area contributed by atoms with Crippen molar-refractivity contribution in [3.8, 4) is 11.3 Å². The van der Waals surface area contributed by atoms with Crippen LogP contribution in [0.25, 0.3) is 11.3 Å². The number of hydrogen-bond donors (Lipinski definition) is 1. The molecule has 2 heterocycles. The first-order chi connectivity index (χ1) is 13.7. The van der Waals surface area contributed by atoms with Crippen LogP contribution >= 0.6 is 22.9 Å². The van der Waals surface area contributed by atoms with E-state index in [4.69, 9.17) is 16.6 Å². The van der Waals surface area contributed by atoms with Crippen LogP contribution in [0.4, 0.5) is 10.8 Å². The maximum absolute atomic E-state index is 12.5. The molecule has 0 bridgehead atoms. The van der Waals surface area contributed by atoms with Gasteiger partial charge in [0.2, 0.25) is 5.91 Å². The van der Waals surface area contributed by atoms with Crippen molar-refractivity contribution in [1.29, 1.82) is 0 Å². The molecule has 3 aromatic rings. The molecule has 0 aliphatic carbocycles. The summed E-state index contributed by atoms with van der Waals surface area (Å²) in [6.07, 6.45) is 3.77. The minimum atomic E-state index is -0.727. The molecule has 1 fully saturated rings. The van der Waals surface area contributed by atoms with Crippen LogP contribution < -0.4 is 10.2 Å². The highest BCUT2D eigenvalue weighted by Gasteiger charge is 2.18. The Bertz CT molecular complexity index is 938. The molecule has 2 aromatic carbocycles. The normalized spacial score (nSPS) is 15.2. The van der Waals surface area contributed by atoms with Crippen LogP contribution in [0, 0.1) is 0 Å². The molecule has 0 saturated carbocycles. The second-order valence-corrected chi connectivity index (χ2v) is 8.18. The minimum Gasteiger partial charge on any atom is -0.348 e. The molecule has 1 atom stereocenters. The Hall–Kier alpha value is -2.37.